The van der Waals surface area contributed by atoms with Gasteiger partial charge in [-0.25, -0.2) is 4.98 Å². The van der Waals surface area contributed by atoms with E-state index in [-0.39, 0.29) is 16.5 Å². The van der Waals surface area contributed by atoms with Crippen LogP contribution in [0.1, 0.15) is 5.69 Å². The minimum absolute atomic E-state index is 0.132. The number of hydrogen-bond acceptors (Lipinski definition) is 5. The second kappa shape index (κ2) is 5.67. The van der Waals surface area contributed by atoms with Crippen molar-refractivity contribution < 1.29 is 26.0 Å². The Kier molecular flexibility index (Phi) is 3.79. The van der Waals surface area contributed by atoms with Crippen LogP contribution in [0.2, 0.25) is 0 Å². The van der Waals surface area contributed by atoms with Crippen LogP contribution in [0, 0.1) is 0 Å². The van der Waals surface area contributed by atoms with Gasteiger partial charge >= 0.3 is 6.18 Å². The lowest BCUT2D eigenvalue weighted by Gasteiger charge is -2.09. The average Bonchev–Trinajstić information content (AvgIpc) is 3.16. The van der Waals surface area contributed by atoms with Gasteiger partial charge in [0.05, 0.1) is 11.1 Å². The van der Waals surface area contributed by atoms with E-state index in [1.165, 1.54) is 30.5 Å². The van der Waals surface area contributed by atoms with Gasteiger partial charge in [-0.2, -0.15) is 31.2 Å². The molecular weight excluding hydrogens is 349 g/mol. The number of halogens is 3. The molecule has 2 aromatic heterocycles. The van der Waals surface area contributed by atoms with Gasteiger partial charge in [0, 0.05) is 6.07 Å². The molecule has 1 aromatic carbocycles. The van der Waals surface area contributed by atoms with Gasteiger partial charge in [0.25, 0.3) is 10.0 Å². The fraction of sp³-hybridized carbons (Fsp3) is 0.0769. The highest BCUT2D eigenvalue weighted by Gasteiger charge is 2.36. The molecule has 3 aromatic rings. The molecule has 0 radical (unpaired) electrons. The minimum atomic E-state index is -4.76. The SMILES string of the molecule is O=S(=O)(Nn1nc(C(F)(F)F)cc1-c1ncco1)c1ccccc1. The average molecular weight is 358 g/mol. The zero-order valence-electron chi connectivity index (χ0n) is 11.7. The first-order valence-electron chi connectivity index (χ1n) is 6.42. The molecule has 0 spiro atoms. The summed E-state index contributed by atoms with van der Waals surface area (Å²) in [5.74, 6) is -0.214. The van der Waals surface area contributed by atoms with Gasteiger partial charge in [-0.3, -0.25) is 0 Å². The Morgan fingerprint density at radius 2 is 1.88 bits per heavy atom. The number of nitrogens with zero attached hydrogens (tertiary/aromatic N) is 3. The maximum absolute atomic E-state index is 12.9. The quantitative estimate of drug-likeness (QED) is 0.774. The van der Waals surface area contributed by atoms with E-state index < -0.39 is 21.9 Å². The van der Waals surface area contributed by atoms with Crippen LogP contribution in [-0.2, 0) is 16.2 Å². The van der Waals surface area contributed by atoms with Crippen molar-refractivity contribution in [1.82, 2.24) is 14.9 Å². The summed E-state index contributed by atoms with van der Waals surface area (Å²) < 4.78 is 68.1. The van der Waals surface area contributed by atoms with E-state index >= 15 is 0 Å². The van der Waals surface area contributed by atoms with E-state index in [4.69, 9.17) is 4.42 Å². The first-order valence-corrected chi connectivity index (χ1v) is 7.91. The Labute approximate surface area is 133 Å². The molecule has 0 saturated heterocycles. The second-order valence-corrected chi connectivity index (χ2v) is 6.23. The van der Waals surface area contributed by atoms with Crippen molar-refractivity contribution in [1.29, 1.82) is 0 Å². The summed E-state index contributed by atoms with van der Waals surface area (Å²) >= 11 is 0. The molecule has 0 atom stereocenters. The van der Waals surface area contributed by atoms with Gasteiger partial charge in [-0.1, -0.05) is 18.2 Å². The summed E-state index contributed by atoms with van der Waals surface area (Å²) in [6.45, 7) is 0. The molecule has 0 aliphatic carbocycles. The van der Waals surface area contributed by atoms with Crippen molar-refractivity contribution in [3.05, 3.63) is 54.6 Å². The van der Waals surface area contributed by atoms with Crippen molar-refractivity contribution in [2.24, 2.45) is 0 Å². The van der Waals surface area contributed by atoms with E-state index in [0.29, 0.717) is 10.9 Å². The van der Waals surface area contributed by atoms with Gasteiger partial charge in [-0.05, 0) is 12.1 Å². The smallest absolute Gasteiger partial charge is 0.435 e. The molecule has 0 unspecified atom stereocenters. The van der Waals surface area contributed by atoms with Gasteiger partial charge in [-0.15, -0.1) is 5.10 Å². The molecule has 0 fully saturated rings. The first kappa shape index (κ1) is 16.1. The third kappa shape index (κ3) is 3.11. The lowest BCUT2D eigenvalue weighted by Crippen LogP contribution is -2.25. The van der Waals surface area contributed by atoms with Crippen molar-refractivity contribution in [2.45, 2.75) is 11.1 Å². The van der Waals surface area contributed by atoms with E-state index in [9.17, 15) is 21.6 Å². The highest BCUT2D eigenvalue weighted by Crippen LogP contribution is 2.31. The predicted octanol–water partition coefficient (Wildman–Crippen LogP) is 2.49. The van der Waals surface area contributed by atoms with E-state index in [2.05, 4.69) is 10.1 Å². The first-order chi connectivity index (χ1) is 11.3. The molecule has 11 heteroatoms. The van der Waals surface area contributed by atoms with Crippen molar-refractivity contribution in [2.75, 3.05) is 4.83 Å². The third-order valence-electron chi connectivity index (χ3n) is 2.91. The number of aromatic nitrogens is 3. The molecule has 2 heterocycles. The standard InChI is InChI=1S/C13H9F3N4O3S/c14-13(15,16)11-8-10(12-17-6-7-23-12)20(18-11)19-24(21,22)9-4-2-1-3-5-9/h1-8,19H. The van der Waals surface area contributed by atoms with Crippen LogP contribution >= 0.6 is 0 Å². The fourth-order valence-electron chi connectivity index (χ4n) is 1.86. The lowest BCUT2D eigenvalue weighted by atomic mass is 10.3. The monoisotopic (exact) mass is 358 g/mol. The molecule has 3 rings (SSSR count). The van der Waals surface area contributed by atoms with Crippen molar-refractivity contribution in [3.8, 4) is 11.6 Å². The van der Waals surface area contributed by atoms with Crippen LogP contribution in [-0.4, -0.2) is 23.3 Å². The van der Waals surface area contributed by atoms with E-state index in [1.807, 2.05) is 4.83 Å². The van der Waals surface area contributed by atoms with Crippen molar-refractivity contribution in [3.63, 3.8) is 0 Å². The molecule has 7 nitrogen and oxygen atoms in total. The van der Waals surface area contributed by atoms with Crippen LogP contribution in [0.4, 0.5) is 13.2 Å². The zero-order chi connectivity index (χ0) is 17.4. The summed E-state index contributed by atoms with van der Waals surface area (Å²) in [6, 6.07) is 7.79. The number of oxazole rings is 1. The van der Waals surface area contributed by atoms with Crippen LogP contribution in [0.3, 0.4) is 0 Å². The van der Waals surface area contributed by atoms with Gasteiger partial charge < -0.3 is 4.42 Å². The molecule has 126 valence electrons. The number of sulfonamides is 1. The summed E-state index contributed by atoms with van der Waals surface area (Å²) in [4.78, 5) is 6.01. The van der Waals surface area contributed by atoms with E-state index in [0.717, 1.165) is 6.26 Å². The Morgan fingerprint density at radius 3 is 2.46 bits per heavy atom. The molecule has 1 N–H and O–H groups in total. The molecule has 24 heavy (non-hydrogen) atoms. The minimum Gasteiger partial charge on any atom is -0.443 e. The van der Waals surface area contributed by atoms with Gasteiger partial charge in [0.2, 0.25) is 5.89 Å². The van der Waals surface area contributed by atoms with Gasteiger partial charge in [0.15, 0.2) is 5.69 Å². The highest BCUT2D eigenvalue weighted by molar-refractivity contribution is 7.92. The number of hydrogen-bond donors (Lipinski definition) is 1. The number of alkyl halides is 3. The second-order valence-electron chi connectivity index (χ2n) is 4.57. The zero-order valence-corrected chi connectivity index (χ0v) is 12.5. The number of nitrogens with one attached hydrogen (secondary N) is 1. The lowest BCUT2D eigenvalue weighted by molar-refractivity contribution is -0.141. The summed E-state index contributed by atoms with van der Waals surface area (Å²) in [6.07, 6.45) is -2.40. The molecular formula is C13H9F3N4O3S. The van der Waals surface area contributed by atoms with E-state index in [1.54, 1.807) is 6.07 Å². The number of rotatable bonds is 4. The topological polar surface area (TPSA) is 90.0 Å². The van der Waals surface area contributed by atoms with Crippen LogP contribution in [0.15, 0.2) is 58.2 Å². The largest absolute Gasteiger partial charge is 0.443 e. The summed E-state index contributed by atoms with van der Waals surface area (Å²) in [5.41, 5.74) is -1.57. The fourth-order valence-corrected chi connectivity index (χ4v) is 2.85. The maximum atomic E-state index is 12.9. The third-order valence-corrected chi connectivity index (χ3v) is 4.22. The van der Waals surface area contributed by atoms with Crippen LogP contribution in [0.25, 0.3) is 11.6 Å². The highest BCUT2D eigenvalue weighted by atomic mass is 32.2. The summed E-state index contributed by atoms with van der Waals surface area (Å²) in [7, 11) is -4.15. The van der Waals surface area contributed by atoms with Crippen LogP contribution in [0.5, 0.6) is 0 Å². The van der Waals surface area contributed by atoms with Crippen molar-refractivity contribution >= 4 is 10.0 Å². The Balaban J connectivity index is 2.06. The Morgan fingerprint density at radius 1 is 1.17 bits per heavy atom. The molecule has 0 saturated carbocycles. The molecule has 0 aliphatic heterocycles. The Hall–Kier alpha value is -2.82. The Bertz CT molecular complexity index is 935. The number of benzene rings is 1. The maximum Gasteiger partial charge on any atom is 0.435 e. The predicted molar refractivity (Wildman–Crippen MR) is 75.7 cm³/mol. The molecule has 0 aliphatic rings. The normalized spacial score (nSPS) is 12.3. The van der Waals surface area contributed by atoms with Gasteiger partial charge in [0.1, 0.15) is 12.0 Å². The molecule has 0 bridgehead atoms. The summed E-state index contributed by atoms with van der Waals surface area (Å²) in [5, 5.41) is 3.25. The molecule has 0 amide bonds. The van der Waals surface area contributed by atoms with Crippen LogP contribution < -0.4 is 4.83 Å².